The average Bonchev–Trinajstić information content (AvgIpc) is 3.21. The maximum atomic E-state index is 13.2. The lowest BCUT2D eigenvalue weighted by Crippen LogP contribution is -2.46. The number of aryl methyl sites for hydroxylation is 2. The van der Waals surface area contributed by atoms with Crippen molar-refractivity contribution in [2.75, 3.05) is 39.5 Å². The van der Waals surface area contributed by atoms with Crippen LogP contribution in [0.25, 0.3) is 0 Å². The minimum absolute atomic E-state index is 0.115. The molecule has 5 nitrogen and oxygen atoms in total. The minimum Gasteiger partial charge on any atom is -0.457 e. The van der Waals surface area contributed by atoms with E-state index in [1.165, 1.54) is 5.56 Å². The summed E-state index contributed by atoms with van der Waals surface area (Å²) in [6, 6.07) is 22.1. The molecule has 0 bridgehead atoms. The number of para-hydroxylation sites is 1. The van der Waals surface area contributed by atoms with Gasteiger partial charge in [-0.2, -0.15) is 0 Å². The van der Waals surface area contributed by atoms with Crippen LogP contribution in [0.2, 0.25) is 0 Å². The highest BCUT2D eigenvalue weighted by Gasteiger charge is 2.29. The number of nitrogens with zero attached hydrogens (tertiary/aromatic N) is 3. The van der Waals surface area contributed by atoms with Gasteiger partial charge in [0.15, 0.2) is 0 Å². The number of alkyl halides is 1. The van der Waals surface area contributed by atoms with Crippen LogP contribution in [0.15, 0.2) is 66.7 Å². The summed E-state index contributed by atoms with van der Waals surface area (Å²) < 4.78 is 18.7. The van der Waals surface area contributed by atoms with Crippen LogP contribution >= 0.6 is 0 Å². The van der Waals surface area contributed by atoms with Crippen molar-refractivity contribution in [3.8, 4) is 11.5 Å². The lowest BCUT2D eigenvalue weighted by atomic mass is 9.98. The molecule has 1 fully saturated rings. The molecule has 2 aliphatic heterocycles. The molecule has 1 saturated heterocycles. The molecule has 0 saturated carbocycles. The van der Waals surface area contributed by atoms with Crippen molar-refractivity contribution in [1.29, 1.82) is 0 Å². The van der Waals surface area contributed by atoms with Gasteiger partial charge in [0.2, 0.25) is 0 Å². The highest BCUT2D eigenvalue weighted by molar-refractivity contribution is 5.99. The van der Waals surface area contributed by atoms with Crippen molar-refractivity contribution in [3.63, 3.8) is 0 Å². The van der Waals surface area contributed by atoms with Gasteiger partial charge in [0, 0.05) is 44.8 Å². The number of halogens is 1. The maximum Gasteiger partial charge on any atom is 0.255 e. The molecule has 5 rings (SSSR count). The molecule has 2 heterocycles. The Bertz CT molecular complexity index is 1170. The van der Waals surface area contributed by atoms with E-state index in [1.54, 1.807) is 0 Å². The van der Waals surface area contributed by atoms with E-state index in [9.17, 15) is 9.18 Å². The standard InChI is InChI=1S/C30H34FN3O2/c1-23-18-25(6-5-13-32-14-16-33(22-31)17-15-32)19-26-21-34(30(35)29(23)26)20-24-9-11-28(12-10-24)36-27-7-3-2-4-8-27/h2-4,7-12,18-19H,5-6,13-17,20-22H2,1H3. The van der Waals surface area contributed by atoms with Gasteiger partial charge in [-0.25, -0.2) is 4.39 Å². The predicted molar refractivity (Wildman–Crippen MR) is 140 cm³/mol. The van der Waals surface area contributed by atoms with Gasteiger partial charge in [-0.15, -0.1) is 0 Å². The van der Waals surface area contributed by atoms with Crippen LogP contribution < -0.4 is 4.74 Å². The second-order valence-corrected chi connectivity index (χ2v) is 9.85. The third-order valence-electron chi connectivity index (χ3n) is 7.19. The molecular formula is C30H34FN3O2. The van der Waals surface area contributed by atoms with Crippen molar-refractivity contribution >= 4 is 5.91 Å². The van der Waals surface area contributed by atoms with Crippen LogP contribution in [0.4, 0.5) is 4.39 Å². The summed E-state index contributed by atoms with van der Waals surface area (Å²) in [5, 5.41) is 0. The Labute approximate surface area is 213 Å². The largest absolute Gasteiger partial charge is 0.457 e. The van der Waals surface area contributed by atoms with E-state index >= 15 is 0 Å². The topological polar surface area (TPSA) is 36.0 Å². The van der Waals surface area contributed by atoms with Crippen molar-refractivity contribution in [1.82, 2.24) is 14.7 Å². The molecule has 0 aromatic heterocycles. The first kappa shape index (κ1) is 24.5. The summed E-state index contributed by atoms with van der Waals surface area (Å²) in [5.41, 5.74) is 5.45. The molecule has 0 unspecified atom stereocenters. The fourth-order valence-corrected chi connectivity index (χ4v) is 5.23. The van der Waals surface area contributed by atoms with Crippen LogP contribution in [0.5, 0.6) is 11.5 Å². The van der Waals surface area contributed by atoms with Gasteiger partial charge in [0.25, 0.3) is 5.91 Å². The van der Waals surface area contributed by atoms with E-state index in [-0.39, 0.29) is 12.7 Å². The molecule has 2 aliphatic rings. The Morgan fingerprint density at radius 3 is 2.28 bits per heavy atom. The third kappa shape index (κ3) is 5.77. The third-order valence-corrected chi connectivity index (χ3v) is 7.19. The quantitative estimate of drug-likeness (QED) is 0.378. The molecule has 0 spiro atoms. The van der Waals surface area contributed by atoms with E-state index in [1.807, 2.05) is 64.4 Å². The van der Waals surface area contributed by atoms with Gasteiger partial charge < -0.3 is 14.5 Å². The Morgan fingerprint density at radius 1 is 0.861 bits per heavy atom. The Kier molecular flexibility index (Phi) is 7.63. The highest BCUT2D eigenvalue weighted by Crippen LogP contribution is 2.30. The second-order valence-electron chi connectivity index (χ2n) is 9.85. The fourth-order valence-electron chi connectivity index (χ4n) is 5.23. The molecule has 3 aromatic carbocycles. The van der Waals surface area contributed by atoms with Gasteiger partial charge in [-0.3, -0.25) is 9.69 Å². The average molecular weight is 488 g/mol. The fraction of sp³-hybridized carbons (Fsp3) is 0.367. The number of benzene rings is 3. The van der Waals surface area contributed by atoms with Crippen molar-refractivity contribution in [2.24, 2.45) is 0 Å². The number of carbonyl (C=O) groups is 1. The van der Waals surface area contributed by atoms with E-state index in [4.69, 9.17) is 4.74 Å². The number of ether oxygens (including phenoxy) is 1. The van der Waals surface area contributed by atoms with Crippen molar-refractivity contribution in [3.05, 3.63) is 94.5 Å². The normalized spacial score (nSPS) is 16.4. The monoisotopic (exact) mass is 487 g/mol. The molecule has 0 aliphatic carbocycles. The first-order chi connectivity index (χ1) is 17.6. The zero-order chi connectivity index (χ0) is 24.9. The Balaban J connectivity index is 1.16. The Morgan fingerprint density at radius 2 is 1.56 bits per heavy atom. The smallest absolute Gasteiger partial charge is 0.255 e. The minimum atomic E-state index is -0.341. The van der Waals surface area contributed by atoms with Crippen molar-refractivity contribution < 1.29 is 13.9 Å². The second kappa shape index (κ2) is 11.2. The number of hydrogen-bond donors (Lipinski definition) is 0. The van der Waals surface area contributed by atoms with Crippen LogP contribution in [0.1, 0.15) is 39.0 Å². The summed E-state index contributed by atoms with van der Waals surface area (Å²) in [4.78, 5) is 19.4. The predicted octanol–water partition coefficient (Wildman–Crippen LogP) is 5.42. The van der Waals surface area contributed by atoms with Crippen molar-refractivity contribution in [2.45, 2.75) is 32.9 Å². The molecule has 188 valence electrons. The zero-order valence-corrected chi connectivity index (χ0v) is 21.0. The number of carbonyl (C=O) groups excluding carboxylic acids is 1. The molecule has 0 radical (unpaired) electrons. The van der Waals surface area contributed by atoms with Crippen LogP contribution in [-0.4, -0.2) is 60.1 Å². The molecule has 0 N–H and O–H groups in total. The molecule has 1 amide bonds. The SMILES string of the molecule is Cc1cc(CCCN2CCN(CF)CC2)cc2c1C(=O)N(Cc1ccc(Oc3ccccc3)cc1)C2. The van der Waals surface area contributed by atoms with Gasteiger partial charge in [0.1, 0.15) is 18.3 Å². The highest BCUT2D eigenvalue weighted by atomic mass is 19.1. The summed E-state index contributed by atoms with van der Waals surface area (Å²) >= 11 is 0. The van der Waals surface area contributed by atoms with E-state index < -0.39 is 0 Å². The van der Waals surface area contributed by atoms with E-state index in [2.05, 4.69) is 24.0 Å². The van der Waals surface area contributed by atoms with Gasteiger partial charge in [0.05, 0.1) is 0 Å². The molecular weight excluding hydrogens is 453 g/mol. The molecule has 3 aromatic rings. The number of rotatable bonds is 9. The van der Waals surface area contributed by atoms with Gasteiger partial charge in [-0.1, -0.05) is 42.5 Å². The van der Waals surface area contributed by atoms with Crippen LogP contribution in [-0.2, 0) is 19.5 Å². The number of piperazine rings is 1. The first-order valence-electron chi connectivity index (χ1n) is 12.8. The van der Waals surface area contributed by atoms with Gasteiger partial charge in [-0.05, 0) is 72.8 Å². The number of amides is 1. The summed E-state index contributed by atoms with van der Waals surface area (Å²) in [6.45, 7) is 7.48. The summed E-state index contributed by atoms with van der Waals surface area (Å²) in [6.07, 6.45) is 2.07. The lowest BCUT2D eigenvalue weighted by molar-refractivity contribution is 0.0766. The van der Waals surface area contributed by atoms with Crippen LogP contribution in [0, 0.1) is 6.92 Å². The van der Waals surface area contributed by atoms with Crippen LogP contribution in [0.3, 0.4) is 0 Å². The number of hydrogen-bond acceptors (Lipinski definition) is 4. The molecule has 36 heavy (non-hydrogen) atoms. The maximum absolute atomic E-state index is 13.2. The zero-order valence-electron chi connectivity index (χ0n) is 21.0. The van der Waals surface area contributed by atoms with Gasteiger partial charge >= 0.3 is 0 Å². The van der Waals surface area contributed by atoms with E-state index in [0.29, 0.717) is 13.1 Å². The number of fused-ring (bicyclic) bond motifs is 1. The molecule has 0 atom stereocenters. The first-order valence-corrected chi connectivity index (χ1v) is 12.8. The summed E-state index contributed by atoms with van der Waals surface area (Å²) in [5.74, 6) is 1.70. The Hall–Kier alpha value is -3.22. The summed E-state index contributed by atoms with van der Waals surface area (Å²) in [7, 11) is 0. The van der Waals surface area contributed by atoms with E-state index in [0.717, 1.165) is 79.3 Å². The lowest BCUT2D eigenvalue weighted by Gasteiger charge is -2.32. The molecule has 6 heteroatoms.